The SMILES string of the molecule is COc1ccc(NCCC(=O)N2CCN(c3cccc(C)c3C)CC2)c(OC)c1. The van der Waals surface area contributed by atoms with Gasteiger partial charge in [0.2, 0.25) is 5.91 Å². The maximum Gasteiger partial charge on any atom is 0.224 e. The molecule has 2 aromatic rings. The van der Waals surface area contributed by atoms with E-state index in [-0.39, 0.29) is 5.91 Å². The molecule has 1 amide bonds. The van der Waals surface area contributed by atoms with Crippen LogP contribution in [0.15, 0.2) is 36.4 Å². The van der Waals surface area contributed by atoms with E-state index in [0.717, 1.165) is 37.6 Å². The van der Waals surface area contributed by atoms with Crippen LogP contribution < -0.4 is 19.7 Å². The van der Waals surface area contributed by atoms with Crippen LogP contribution in [-0.4, -0.2) is 57.8 Å². The number of nitrogens with zero attached hydrogens (tertiary/aromatic N) is 2. The van der Waals surface area contributed by atoms with Gasteiger partial charge < -0.3 is 24.6 Å². The van der Waals surface area contributed by atoms with Gasteiger partial charge in [-0.2, -0.15) is 0 Å². The Morgan fingerprint density at radius 1 is 1.03 bits per heavy atom. The molecule has 0 radical (unpaired) electrons. The minimum atomic E-state index is 0.186. The lowest BCUT2D eigenvalue weighted by atomic mass is 10.1. The zero-order chi connectivity index (χ0) is 20.8. The molecule has 29 heavy (non-hydrogen) atoms. The predicted octanol–water partition coefficient (Wildman–Crippen LogP) is 3.47. The molecule has 0 unspecified atom stereocenters. The molecule has 1 heterocycles. The van der Waals surface area contributed by atoms with Gasteiger partial charge in [0, 0.05) is 50.9 Å². The fourth-order valence-corrected chi connectivity index (χ4v) is 3.68. The Balaban J connectivity index is 1.48. The summed E-state index contributed by atoms with van der Waals surface area (Å²) < 4.78 is 10.6. The first kappa shape index (κ1) is 20.8. The van der Waals surface area contributed by atoms with Gasteiger partial charge in [0.15, 0.2) is 0 Å². The number of rotatable bonds is 7. The largest absolute Gasteiger partial charge is 0.497 e. The molecular formula is C23H31N3O3. The minimum Gasteiger partial charge on any atom is -0.497 e. The van der Waals surface area contributed by atoms with Crippen LogP contribution >= 0.6 is 0 Å². The van der Waals surface area contributed by atoms with E-state index in [9.17, 15) is 4.79 Å². The van der Waals surface area contributed by atoms with Crippen LogP contribution in [0.25, 0.3) is 0 Å². The summed E-state index contributed by atoms with van der Waals surface area (Å²) in [6.07, 6.45) is 0.457. The van der Waals surface area contributed by atoms with E-state index in [1.807, 2.05) is 23.1 Å². The molecule has 0 spiro atoms. The first-order chi connectivity index (χ1) is 14.0. The Kier molecular flexibility index (Phi) is 6.86. The van der Waals surface area contributed by atoms with Crippen molar-refractivity contribution >= 4 is 17.3 Å². The van der Waals surface area contributed by atoms with Crippen molar-refractivity contribution in [2.24, 2.45) is 0 Å². The monoisotopic (exact) mass is 397 g/mol. The molecule has 0 aliphatic carbocycles. The normalized spacial score (nSPS) is 13.9. The van der Waals surface area contributed by atoms with Crippen LogP contribution in [0.1, 0.15) is 17.5 Å². The number of carbonyl (C=O) groups excluding carboxylic acids is 1. The van der Waals surface area contributed by atoms with Gasteiger partial charge in [-0.05, 0) is 43.2 Å². The van der Waals surface area contributed by atoms with E-state index < -0.39 is 0 Å². The summed E-state index contributed by atoms with van der Waals surface area (Å²) in [5.74, 6) is 1.63. The molecule has 0 atom stereocenters. The minimum absolute atomic E-state index is 0.186. The fraction of sp³-hybridized carbons (Fsp3) is 0.435. The van der Waals surface area contributed by atoms with E-state index in [0.29, 0.717) is 18.7 Å². The van der Waals surface area contributed by atoms with Gasteiger partial charge in [-0.1, -0.05) is 12.1 Å². The van der Waals surface area contributed by atoms with Crippen LogP contribution in [0, 0.1) is 13.8 Å². The van der Waals surface area contributed by atoms with Crippen molar-refractivity contribution in [3.8, 4) is 11.5 Å². The van der Waals surface area contributed by atoms with Gasteiger partial charge in [0.05, 0.1) is 19.9 Å². The number of methoxy groups -OCH3 is 2. The van der Waals surface area contributed by atoms with Crippen LogP contribution in [0.5, 0.6) is 11.5 Å². The van der Waals surface area contributed by atoms with Crippen LogP contribution in [0.3, 0.4) is 0 Å². The third-order valence-electron chi connectivity index (χ3n) is 5.61. The van der Waals surface area contributed by atoms with Crippen molar-refractivity contribution in [1.29, 1.82) is 0 Å². The number of aryl methyl sites for hydroxylation is 1. The molecule has 2 aromatic carbocycles. The number of ether oxygens (including phenoxy) is 2. The standard InChI is InChI=1S/C23H31N3O3/c1-17-6-5-7-21(18(17)2)25-12-14-26(15-13-25)23(27)10-11-24-20-9-8-19(28-3)16-22(20)29-4/h5-9,16,24H,10-15H2,1-4H3. The van der Waals surface area contributed by atoms with Gasteiger partial charge in [0.1, 0.15) is 11.5 Å². The number of nitrogens with one attached hydrogen (secondary N) is 1. The summed E-state index contributed by atoms with van der Waals surface area (Å²) in [6, 6.07) is 12.0. The zero-order valence-corrected chi connectivity index (χ0v) is 17.8. The average molecular weight is 398 g/mol. The van der Waals surface area contributed by atoms with Gasteiger partial charge in [-0.3, -0.25) is 4.79 Å². The topological polar surface area (TPSA) is 54.0 Å². The molecule has 1 fully saturated rings. The highest BCUT2D eigenvalue weighted by Gasteiger charge is 2.22. The number of anilines is 2. The van der Waals surface area contributed by atoms with Crippen LogP contribution in [0.2, 0.25) is 0 Å². The van der Waals surface area contributed by atoms with Gasteiger partial charge >= 0.3 is 0 Å². The summed E-state index contributed by atoms with van der Waals surface area (Å²) in [6.45, 7) is 8.14. The molecule has 6 nitrogen and oxygen atoms in total. The Labute approximate surface area is 173 Å². The molecule has 1 N–H and O–H groups in total. The fourth-order valence-electron chi connectivity index (χ4n) is 3.68. The molecule has 156 valence electrons. The summed E-state index contributed by atoms with van der Waals surface area (Å²) in [5, 5.41) is 3.30. The molecule has 1 aliphatic heterocycles. The van der Waals surface area contributed by atoms with Crippen LogP contribution in [-0.2, 0) is 4.79 Å². The summed E-state index contributed by atoms with van der Waals surface area (Å²) in [7, 11) is 3.25. The Hall–Kier alpha value is -2.89. The predicted molar refractivity (Wildman–Crippen MR) is 117 cm³/mol. The first-order valence-electron chi connectivity index (χ1n) is 10.1. The maximum atomic E-state index is 12.6. The second kappa shape index (κ2) is 9.54. The van der Waals surface area contributed by atoms with E-state index in [4.69, 9.17) is 9.47 Å². The highest BCUT2D eigenvalue weighted by atomic mass is 16.5. The molecule has 0 bridgehead atoms. The summed E-state index contributed by atoms with van der Waals surface area (Å²) in [4.78, 5) is 17.0. The molecule has 3 rings (SSSR count). The number of hydrogen-bond donors (Lipinski definition) is 1. The summed E-state index contributed by atoms with van der Waals surface area (Å²) >= 11 is 0. The molecule has 1 aliphatic rings. The Bertz CT molecular complexity index is 845. The highest BCUT2D eigenvalue weighted by molar-refractivity contribution is 5.77. The van der Waals surface area contributed by atoms with Gasteiger partial charge in [-0.15, -0.1) is 0 Å². The number of amides is 1. The van der Waals surface area contributed by atoms with E-state index in [1.165, 1.54) is 16.8 Å². The van der Waals surface area contributed by atoms with Crippen molar-refractivity contribution in [3.63, 3.8) is 0 Å². The summed E-state index contributed by atoms with van der Waals surface area (Å²) in [5.41, 5.74) is 4.78. The highest BCUT2D eigenvalue weighted by Crippen LogP contribution is 2.29. The van der Waals surface area contributed by atoms with Crippen molar-refractivity contribution in [2.45, 2.75) is 20.3 Å². The molecule has 0 saturated carbocycles. The Morgan fingerprint density at radius 3 is 2.48 bits per heavy atom. The van der Waals surface area contributed by atoms with Crippen molar-refractivity contribution in [3.05, 3.63) is 47.5 Å². The third-order valence-corrected chi connectivity index (χ3v) is 5.61. The van der Waals surface area contributed by atoms with E-state index >= 15 is 0 Å². The lowest BCUT2D eigenvalue weighted by molar-refractivity contribution is -0.131. The average Bonchev–Trinajstić information content (AvgIpc) is 2.76. The molecule has 0 aromatic heterocycles. The smallest absolute Gasteiger partial charge is 0.224 e. The maximum absolute atomic E-state index is 12.6. The zero-order valence-electron chi connectivity index (χ0n) is 17.8. The number of benzene rings is 2. The van der Waals surface area contributed by atoms with Crippen LogP contribution in [0.4, 0.5) is 11.4 Å². The van der Waals surface area contributed by atoms with Gasteiger partial charge in [0.25, 0.3) is 0 Å². The molecule has 6 heteroatoms. The van der Waals surface area contributed by atoms with Crippen molar-refractivity contribution in [2.75, 3.05) is 57.2 Å². The van der Waals surface area contributed by atoms with E-state index in [1.54, 1.807) is 14.2 Å². The molecule has 1 saturated heterocycles. The van der Waals surface area contributed by atoms with Gasteiger partial charge in [-0.25, -0.2) is 0 Å². The second-order valence-corrected chi connectivity index (χ2v) is 7.33. The molecular weight excluding hydrogens is 366 g/mol. The number of piperazine rings is 1. The third kappa shape index (κ3) is 4.94. The quantitative estimate of drug-likeness (QED) is 0.775. The number of hydrogen-bond acceptors (Lipinski definition) is 5. The lowest BCUT2D eigenvalue weighted by Gasteiger charge is -2.37. The van der Waals surface area contributed by atoms with Crippen molar-refractivity contribution < 1.29 is 14.3 Å². The Morgan fingerprint density at radius 2 is 1.79 bits per heavy atom. The van der Waals surface area contributed by atoms with Crippen molar-refractivity contribution in [1.82, 2.24) is 4.90 Å². The lowest BCUT2D eigenvalue weighted by Crippen LogP contribution is -2.49. The van der Waals surface area contributed by atoms with E-state index in [2.05, 4.69) is 42.3 Å². The first-order valence-corrected chi connectivity index (χ1v) is 10.1. The second-order valence-electron chi connectivity index (χ2n) is 7.33. The number of carbonyl (C=O) groups is 1.